The van der Waals surface area contributed by atoms with E-state index >= 15 is 0 Å². The molecule has 1 aromatic rings. The Hall–Kier alpha value is -1.15. The van der Waals surface area contributed by atoms with Crippen molar-refractivity contribution in [3.8, 4) is 0 Å². The Bertz CT molecular complexity index is 827. The minimum atomic E-state index is -3.55. The van der Waals surface area contributed by atoms with Crippen LogP contribution in [0.3, 0.4) is 0 Å². The van der Waals surface area contributed by atoms with Crippen LogP contribution >= 0.6 is 12.4 Å². The zero-order chi connectivity index (χ0) is 19.2. The molecule has 1 aromatic carbocycles. The highest BCUT2D eigenvalue weighted by atomic mass is 35.5. The number of rotatable bonds is 5. The SMILES string of the molecule is Cc1ccc(NC(=O)C2CC3CCCC(C2)C3N)cc1S(=O)(=O)NC1CC1.Cl. The number of sulfonamides is 1. The van der Waals surface area contributed by atoms with Crippen molar-refractivity contribution in [3.05, 3.63) is 23.8 Å². The fourth-order valence-electron chi connectivity index (χ4n) is 4.70. The molecule has 4 N–H and O–H groups in total. The standard InChI is InChI=1S/C20H29N3O3S.ClH/c1-12-5-6-17(11-18(12)27(25,26)23-16-7-8-16)22-20(24)15-9-13-3-2-4-14(10-15)19(13)21;/h5-6,11,13-16,19,23H,2-4,7-10,21H2,1H3,(H,22,24);1H. The summed E-state index contributed by atoms with van der Waals surface area (Å²) in [6.45, 7) is 1.77. The predicted molar refractivity (Wildman–Crippen MR) is 112 cm³/mol. The zero-order valence-electron chi connectivity index (χ0n) is 16.2. The largest absolute Gasteiger partial charge is 0.327 e. The number of hydrogen-bond donors (Lipinski definition) is 3. The smallest absolute Gasteiger partial charge is 0.241 e. The number of aryl methyl sites for hydroxylation is 1. The number of anilines is 1. The normalized spacial score (nSPS) is 29.6. The summed E-state index contributed by atoms with van der Waals surface area (Å²) in [6.07, 6.45) is 6.89. The highest BCUT2D eigenvalue weighted by molar-refractivity contribution is 7.89. The van der Waals surface area contributed by atoms with Gasteiger partial charge in [-0.1, -0.05) is 12.5 Å². The third-order valence-corrected chi connectivity index (χ3v) is 8.09. The first-order valence-corrected chi connectivity index (χ1v) is 11.5. The Kier molecular flexibility index (Phi) is 6.39. The van der Waals surface area contributed by atoms with Crippen LogP contribution in [-0.4, -0.2) is 26.4 Å². The molecule has 0 spiro atoms. The quantitative estimate of drug-likeness (QED) is 0.672. The number of fused-ring (bicyclic) bond motifs is 2. The van der Waals surface area contributed by atoms with E-state index in [0.717, 1.165) is 38.5 Å². The number of amides is 1. The van der Waals surface area contributed by atoms with Crippen molar-refractivity contribution in [1.82, 2.24) is 4.72 Å². The van der Waals surface area contributed by atoms with Crippen molar-refractivity contribution in [2.24, 2.45) is 23.5 Å². The summed E-state index contributed by atoms with van der Waals surface area (Å²) >= 11 is 0. The molecule has 0 aliphatic heterocycles. The second kappa shape index (κ2) is 8.30. The number of halogens is 1. The topological polar surface area (TPSA) is 101 Å². The van der Waals surface area contributed by atoms with Crippen LogP contribution in [0.5, 0.6) is 0 Å². The number of carbonyl (C=O) groups is 1. The number of nitrogens with two attached hydrogens (primary N) is 1. The third-order valence-electron chi connectivity index (χ3n) is 6.43. The van der Waals surface area contributed by atoms with Gasteiger partial charge in [0.1, 0.15) is 0 Å². The van der Waals surface area contributed by atoms with Crippen molar-refractivity contribution in [2.45, 2.75) is 68.8 Å². The van der Waals surface area contributed by atoms with Gasteiger partial charge in [0.05, 0.1) is 4.90 Å². The average molecular weight is 428 g/mol. The lowest BCUT2D eigenvalue weighted by atomic mass is 9.65. The number of benzene rings is 1. The van der Waals surface area contributed by atoms with Gasteiger partial charge in [-0.3, -0.25) is 4.79 Å². The molecule has 0 saturated heterocycles. The third kappa shape index (κ3) is 4.53. The number of carbonyl (C=O) groups excluding carboxylic acids is 1. The van der Waals surface area contributed by atoms with Crippen LogP contribution in [0.25, 0.3) is 0 Å². The molecule has 156 valence electrons. The van der Waals surface area contributed by atoms with Crippen molar-refractivity contribution < 1.29 is 13.2 Å². The monoisotopic (exact) mass is 427 g/mol. The summed E-state index contributed by atoms with van der Waals surface area (Å²) < 4.78 is 27.9. The van der Waals surface area contributed by atoms with Crippen molar-refractivity contribution in [3.63, 3.8) is 0 Å². The van der Waals surface area contributed by atoms with Crippen LogP contribution in [0.4, 0.5) is 5.69 Å². The van der Waals surface area contributed by atoms with Gasteiger partial charge in [0.2, 0.25) is 15.9 Å². The fraction of sp³-hybridized carbons (Fsp3) is 0.650. The Balaban J connectivity index is 0.00000225. The van der Waals surface area contributed by atoms with E-state index in [9.17, 15) is 13.2 Å². The fourth-order valence-corrected chi connectivity index (χ4v) is 6.27. The maximum atomic E-state index is 12.8. The van der Waals surface area contributed by atoms with Gasteiger partial charge in [-0.25, -0.2) is 13.1 Å². The van der Waals surface area contributed by atoms with E-state index in [1.807, 2.05) is 0 Å². The minimum Gasteiger partial charge on any atom is -0.327 e. The van der Waals surface area contributed by atoms with Crippen molar-refractivity contribution in [2.75, 3.05) is 5.32 Å². The van der Waals surface area contributed by atoms with Gasteiger partial charge in [-0.05, 0) is 75.0 Å². The molecular weight excluding hydrogens is 398 g/mol. The van der Waals surface area contributed by atoms with E-state index in [0.29, 0.717) is 23.1 Å². The molecule has 0 radical (unpaired) electrons. The zero-order valence-corrected chi connectivity index (χ0v) is 17.8. The highest BCUT2D eigenvalue weighted by Gasteiger charge is 2.40. The summed E-state index contributed by atoms with van der Waals surface area (Å²) in [6, 6.07) is 5.39. The summed E-state index contributed by atoms with van der Waals surface area (Å²) in [4.78, 5) is 13.1. The van der Waals surface area contributed by atoms with Crippen LogP contribution in [0.1, 0.15) is 50.5 Å². The van der Waals surface area contributed by atoms with Gasteiger partial charge in [0.15, 0.2) is 0 Å². The molecule has 3 aliphatic rings. The van der Waals surface area contributed by atoms with E-state index in [1.165, 1.54) is 6.42 Å². The summed E-state index contributed by atoms with van der Waals surface area (Å²) in [7, 11) is -3.55. The van der Waals surface area contributed by atoms with Crippen LogP contribution in [0.15, 0.2) is 23.1 Å². The van der Waals surface area contributed by atoms with Gasteiger partial charge in [0.25, 0.3) is 0 Å². The summed E-state index contributed by atoms with van der Waals surface area (Å²) in [5.74, 6) is 0.821. The second-order valence-electron chi connectivity index (χ2n) is 8.56. The maximum Gasteiger partial charge on any atom is 0.241 e. The molecule has 28 heavy (non-hydrogen) atoms. The Morgan fingerprint density at radius 2 is 1.75 bits per heavy atom. The highest BCUT2D eigenvalue weighted by Crippen LogP contribution is 2.42. The molecule has 0 heterocycles. The van der Waals surface area contributed by atoms with Crippen LogP contribution < -0.4 is 15.8 Å². The number of nitrogens with one attached hydrogen (secondary N) is 2. The van der Waals surface area contributed by atoms with Crippen molar-refractivity contribution >= 4 is 34.0 Å². The van der Waals surface area contributed by atoms with E-state index < -0.39 is 10.0 Å². The summed E-state index contributed by atoms with van der Waals surface area (Å²) in [5, 5.41) is 2.95. The number of hydrogen-bond acceptors (Lipinski definition) is 4. The Morgan fingerprint density at radius 1 is 1.11 bits per heavy atom. The molecular formula is C20H30ClN3O3S. The molecule has 2 atom stereocenters. The molecule has 4 rings (SSSR count). The molecule has 3 aliphatic carbocycles. The van der Waals surface area contributed by atoms with Crippen LogP contribution in [0.2, 0.25) is 0 Å². The van der Waals surface area contributed by atoms with Gasteiger partial charge >= 0.3 is 0 Å². The molecule has 2 unspecified atom stereocenters. The first kappa shape index (κ1) is 21.6. The van der Waals surface area contributed by atoms with Gasteiger partial charge in [-0.2, -0.15) is 0 Å². The molecule has 2 bridgehead atoms. The molecule has 3 fully saturated rings. The maximum absolute atomic E-state index is 12.8. The second-order valence-corrected chi connectivity index (χ2v) is 10.2. The van der Waals surface area contributed by atoms with E-state index in [4.69, 9.17) is 5.73 Å². The minimum absolute atomic E-state index is 0. The molecule has 0 aromatic heterocycles. The lowest BCUT2D eigenvalue weighted by Crippen LogP contribution is -2.48. The van der Waals surface area contributed by atoms with E-state index in [-0.39, 0.29) is 41.2 Å². The lowest BCUT2D eigenvalue weighted by molar-refractivity contribution is -0.122. The first-order chi connectivity index (χ1) is 12.8. The van der Waals surface area contributed by atoms with Crippen molar-refractivity contribution in [1.29, 1.82) is 0 Å². The van der Waals surface area contributed by atoms with Crippen LogP contribution in [0, 0.1) is 24.7 Å². The van der Waals surface area contributed by atoms with Gasteiger partial charge in [0, 0.05) is 23.7 Å². The van der Waals surface area contributed by atoms with E-state index in [1.54, 1.807) is 25.1 Å². The van der Waals surface area contributed by atoms with Gasteiger partial charge in [-0.15, -0.1) is 12.4 Å². The summed E-state index contributed by atoms with van der Waals surface area (Å²) in [5.41, 5.74) is 7.55. The molecule has 8 heteroatoms. The molecule has 3 saturated carbocycles. The van der Waals surface area contributed by atoms with Crippen LogP contribution in [-0.2, 0) is 14.8 Å². The van der Waals surface area contributed by atoms with E-state index in [2.05, 4.69) is 10.0 Å². The first-order valence-electron chi connectivity index (χ1n) is 10.0. The van der Waals surface area contributed by atoms with Gasteiger partial charge < -0.3 is 11.1 Å². The Labute approximate surface area is 173 Å². The Morgan fingerprint density at radius 3 is 2.36 bits per heavy atom. The predicted octanol–water partition coefficient (Wildman–Crippen LogP) is 2.95. The molecule has 6 nitrogen and oxygen atoms in total. The average Bonchev–Trinajstić information content (AvgIpc) is 3.39. The lowest BCUT2D eigenvalue weighted by Gasteiger charge is -2.43. The molecule has 1 amide bonds.